The molecule has 0 spiro atoms. The van der Waals surface area contributed by atoms with Crippen molar-refractivity contribution >= 4 is 22.2 Å². The van der Waals surface area contributed by atoms with Crippen LogP contribution in [0.3, 0.4) is 0 Å². The Morgan fingerprint density at radius 3 is 3.00 bits per heavy atom. The first-order chi connectivity index (χ1) is 6.24. The zero-order valence-electron chi connectivity index (χ0n) is 6.75. The maximum absolute atomic E-state index is 9.97. The molecule has 1 N–H and O–H groups in total. The summed E-state index contributed by atoms with van der Waals surface area (Å²) in [6.45, 7) is 0. The Labute approximate surface area is 84.7 Å². The first kappa shape index (κ1) is 9.82. The van der Waals surface area contributed by atoms with Crippen LogP contribution in [0.15, 0.2) is 22.7 Å². The number of aldehydes is 1. The molecule has 0 fully saturated rings. The molecule has 0 aliphatic heterocycles. The smallest absolute Gasteiger partial charge is 0.131 e. The van der Waals surface area contributed by atoms with E-state index in [0.717, 1.165) is 10.8 Å². The molecule has 0 aromatic heterocycles. The zero-order chi connectivity index (χ0) is 9.68. The van der Waals surface area contributed by atoms with Gasteiger partial charge in [-0.2, -0.15) is 0 Å². The molecular weight excluding hydrogens is 232 g/mol. The highest BCUT2D eigenvalue weighted by atomic mass is 79.9. The monoisotopic (exact) mass is 238 g/mol. The first-order valence-corrected chi connectivity index (χ1v) is 4.44. The molecule has 0 aliphatic rings. The fraction of sp³-hybridized carbons (Fsp3) is 0.100. The second-order valence-electron chi connectivity index (χ2n) is 2.33. The molecule has 13 heavy (non-hydrogen) atoms. The number of phenolic OH excluding ortho intramolecular Hbond substituents is 1. The number of hydrogen-bond donors (Lipinski definition) is 1. The van der Waals surface area contributed by atoms with Gasteiger partial charge in [-0.15, -0.1) is 0 Å². The summed E-state index contributed by atoms with van der Waals surface area (Å²) in [5.74, 6) is 5.44. The lowest BCUT2D eigenvalue weighted by Crippen LogP contribution is -1.77. The minimum Gasteiger partial charge on any atom is -0.507 e. The van der Waals surface area contributed by atoms with Gasteiger partial charge in [0.05, 0.1) is 12.0 Å². The fourth-order valence-electron chi connectivity index (χ4n) is 0.796. The number of carbonyl (C=O) groups is 1. The van der Waals surface area contributed by atoms with Crippen molar-refractivity contribution in [3.63, 3.8) is 0 Å². The lowest BCUT2D eigenvalue weighted by Gasteiger charge is -1.96. The van der Waals surface area contributed by atoms with E-state index in [9.17, 15) is 9.90 Å². The Morgan fingerprint density at radius 1 is 1.54 bits per heavy atom. The van der Waals surface area contributed by atoms with Crippen molar-refractivity contribution in [3.8, 4) is 17.6 Å². The Kier molecular flexibility index (Phi) is 3.53. The van der Waals surface area contributed by atoms with E-state index in [2.05, 4.69) is 27.8 Å². The normalized spacial score (nSPS) is 8.69. The van der Waals surface area contributed by atoms with Crippen LogP contribution in [0.5, 0.6) is 5.75 Å². The highest BCUT2D eigenvalue weighted by molar-refractivity contribution is 9.10. The standard InChI is InChI=1S/C10H7BrO2/c11-9-4-5-10(13)8(7-9)3-1-2-6-12/h4-7,13H,2H2. The third-order valence-corrected chi connectivity index (χ3v) is 1.86. The number of hydrogen-bond acceptors (Lipinski definition) is 2. The van der Waals surface area contributed by atoms with E-state index in [-0.39, 0.29) is 12.2 Å². The maximum atomic E-state index is 9.97. The van der Waals surface area contributed by atoms with Crippen LogP contribution < -0.4 is 0 Å². The molecule has 0 bridgehead atoms. The molecule has 2 nitrogen and oxygen atoms in total. The van der Waals surface area contributed by atoms with Crippen molar-refractivity contribution in [2.45, 2.75) is 6.42 Å². The summed E-state index contributed by atoms with van der Waals surface area (Å²) in [6.07, 6.45) is 0.911. The van der Waals surface area contributed by atoms with Gasteiger partial charge in [0.2, 0.25) is 0 Å². The van der Waals surface area contributed by atoms with E-state index in [1.807, 2.05) is 0 Å². The van der Waals surface area contributed by atoms with E-state index in [1.165, 1.54) is 0 Å². The van der Waals surface area contributed by atoms with E-state index < -0.39 is 0 Å². The summed E-state index contributed by atoms with van der Waals surface area (Å²) in [5.41, 5.74) is 0.524. The molecule has 0 heterocycles. The summed E-state index contributed by atoms with van der Waals surface area (Å²) in [5, 5.41) is 9.32. The van der Waals surface area contributed by atoms with Gasteiger partial charge in [-0.05, 0) is 18.2 Å². The summed E-state index contributed by atoms with van der Waals surface area (Å²) in [6, 6.07) is 4.97. The molecule has 3 heteroatoms. The van der Waals surface area contributed by atoms with Crippen molar-refractivity contribution in [1.29, 1.82) is 0 Å². The number of carbonyl (C=O) groups excluding carboxylic acids is 1. The second-order valence-corrected chi connectivity index (χ2v) is 3.25. The van der Waals surface area contributed by atoms with Crippen LogP contribution >= 0.6 is 15.9 Å². The van der Waals surface area contributed by atoms with Crippen molar-refractivity contribution in [2.24, 2.45) is 0 Å². The van der Waals surface area contributed by atoms with Gasteiger partial charge in [-0.25, -0.2) is 0 Å². The van der Waals surface area contributed by atoms with Crippen LogP contribution in [0.4, 0.5) is 0 Å². The van der Waals surface area contributed by atoms with Gasteiger partial charge >= 0.3 is 0 Å². The molecule has 0 aliphatic carbocycles. The number of aromatic hydroxyl groups is 1. The molecule has 66 valence electrons. The van der Waals surface area contributed by atoms with Crippen molar-refractivity contribution in [3.05, 3.63) is 28.2 Å². The molecule has 1 rings (SSSR count). The van der Waals surface area contributed by atoms with Gasteiger partial charge in [0.1, 0.15) is 12.0 Å². The summed E-state index contributed by atoms with van der Waals surface area (Å²) in [4.78, 5) is 9.97. The lowest BCUT2D eigenvalue weighted by atomic mass is 10.2. The Morgan fingerprint density at radius 2 is 2.31 bits per heavy atom. The van der Waals surface area contributed by atoms with Crippen molar-refractivity contribution in [2.75, 3.05) is 0 Å². The van der Waals surface area contributed by atoms with E-state index >= 15 is 0 Å². The van der Waals surface area contributed by atoms with Crippen LogP contribution in [-0.2, 0) is 4.79 Å². The molecule has 0 amide bonds. The molecule has 0 saturated heterocycles. The predicted molar refractivity (Wildman–Crippen MR) is 53.4 cm³/mol. The average molecular weight is 239 g/mol. The van der Waals surface area contributed by atoms with Crippen molar-refractivity contribution < 1.29 is 9.90 Å². The van der Waals surface area contributed by atoms with Crippen LogP contribution in [-0.4, -0.2) is 11.4 Å². The molecule has 1 aromatic rings. The fourth-order valence-corrected chi connectivity index (χ4v) is 1.16. The van der Waals surface area contributed by atoms with Gasteiger partial charge in [0.15, 0.2) is 0 Å². The first-order valence-electron chi connectivity index (χ1n) is 3.65. The van der Waals surface area contributed by atoms with Gasteiger partial charge in [-0.1, -0.05) is 27.8 Å². The zero-order valence-corrected chi connectivity index (χ0v) is 8.34. The molecule has 0 atom stereocenters. The number of phenols is 1. The Balaban J connectivity index is 2.95. The minimum absolute atomic E-state index is 0.126. The molecule has 0 unspecified atom stereocenters. The Bertz CT molecular complexity index is 374. The van der Waals surface area contributed by atoms with Gasteiger partial charge in [0.25, 0.3) is 0 Å². The van der Waals surface area contributed by atoms with Gasteiger partial charge in [-0.3, -0.25) is 0 Å². The van der Waals surface area contributed by atoms with Crippen molar-refractivity contribution in [1.82, 2.24) is 0 Å². The Hall–Kier alpha value is -1.27. The third kappa shape index (κ3) is 2.92. The topological polar surface area (TPSA) is 37.3 Å². The number of benzene rings is 1. The highest BCUT2D eigenvalue weighted by Crippen LogP contribution is 2.20. The van der Waals surface area contributed by atoms with Crippen LogP contribution in [0, 0.1) is 11.8 Å². The van der Waals surface area contributed by atoms with Crippen LogP contribution in [0.25, 0.3) is 0 Å². The molecule has 0 radical (unpaired) electrons. The SMILES string of the molecule is O=CCC#Cc1cc(Br)ccc1O. The quantitative estimate of drug-likeness (QED) is 0.601. The maximum Gasteiger partial charge on any atom is 0.131 e. The van der Waals surface area contributed by atoms with Gasteiger partial charge < -0.3 is 9.90 Å². The third-order valence-electron chi connectivity index (χ3n) is 1.37. The van der Waals surface area contributed by atoms with Gasteiger partial charge in [0, 0.05) is 4.47 Å². The van der Waals surface area contributed by atoms with E-state index in [1.54, 1.807) is 18.2 Å². The summed E-state index contributed by atoms with van der Waals surface area (Å²) < 4.78 is 0.848. The lowest BCUT2D eigenvalue weighted by molar-refractivity contribution is -0.107. The average Bonchev–Trinajstić information content (AvgIpc) is 2.11. The minimum atomic E-state index is 0.126. The molecule has 0 saturated carbocycles. The molecular formula is C10H7BrO2. The predicted octanol–water partition coefficient (Wildman–Crippen LogP) is 2.10. The van der Waals surface area contributed by atoms with Crippen LogP contribution in [0.1, 0.15) is 12.0 Å². The van der Waals surface area contributed by atoms with E-state index in [0.29, 0.717) is 5.56 Å². The molecule has 1 aromatic carbocycles. The largest absolute Gasteiger partial charge is 0.507 e. The second kappa shape index (κ2) is 4.68. The summed E-state index contributed by atoms with van der Waals surface area (Å²) >= 11 is 3.26. The highest BCUT2D eigenvalue weighted by Gasteiger charge is 1.96. The van der Waals surface area contributed by atoms with E-state index in [4.69, 9.17) is 0 Å². The van der Waals surface area contributed by atoms with Crippen LogP contribution in [0.2, 0.25) is 0 Å². The number of rotatable bonds is 1. The summed E-state index contributed by atoms with van der Waals surface area (Å²) in [7, 11) is 0. The number of halogens is 1.